The molecule has 2 heterocycles. The SMILES string of the molecule is Cc1c(CC#N)noc1Oc1ccc(-n2ncn(Cc3c(F)cccc3F)c2=O)cc1F. The van der Waals surface area contributed by atoms with Gasteiger partial charge < -0.3 is 9.26 Å². The summed E-state index contributed by atoms with van der Waals surface area (Å²) >= 11 is 0. The highest BCUT2D eigenvalue weighted by Gasteiger charge is 2.18. The van der Waals surface area contributed by atoms with Crippen LogP contribution in [0, 0.1) is 35.7 Å². The quantitative estimate of drug-likeness (QED) is 0.453. The van der Waals surface area contributed by atoms with Crippen LogP contribution in [-0.2, 0) is 13.0 Å². The second-order valence-electron chi connectivity index (χ2n) is 6.75. The molecule has 0 aliphatic heterocycles. The summed E-state index contributed by atoms with van der Waals surface area (Å²) in [6.07, 6.45) is 1.12. The van der Waals surface area contributed by atoms with Crippen molar-refractivity contribution in [1.29, 1.82) is 5.26 Å². The predicted molar refractivity (Wildman–Crippen MR) is 104 cm³/mol. The highest BCUT2D eigenvalue weighted by atomic mass is 19.1. The Kier molecular flexibility index (Phi) is 5.51. The lowest BCUT2D eigenvalue weighted by molar-refractivity contribution is 0.279. The van der Waals surface area contributed by atoms with Crippen LogP contribution in [0.25, 0.3) is 5.69 Å². The summed E-state index contributed by atoms with van der Waals surface area (Å²) in [7, 11) is 0. The van der Waals surface area contributed by atoms with E-state index >= 15 is 0 Å². The molecular weight excluding hydrogens is 427 g/mol. The number of hydrogen-bond donors (Lipinski definition) is 0. The number of rotatable bonds is 6. The van der Waals surface area contributed by atoms with E-state index in [2.05, 4.69) is 10.3 Å². The summed E-state index contributed by atoms with van der Waals surface area (Å²) in [6, 6.07) is 8.98. The van der Waals surface area contributed by atoms with Crippen LogP contribution in [0.2, 0.25) is 0 Å². The second-order valence-corrected chi connectivity index (χ2v) is 6.75. The molecule has 0 bridgehead atoms. The van der Waals surface area contributed by atoms with E-state index in [1.165, 1.54) is 18.2 Å². The van der Waals surface area contributed by atoms with Crippen LogP contribution in [0.5, 0.6) is 11.7 Å². The van der Waals surface area contributed by atoms with Crippen LogP contribution in [0.3, 0.4) is 0 Å². The Morgan fingerprint density at radius 1 is 1.16 bits per heavy atom. The van der Waals surface area contributed by atoms with Crippen molar-refractivity contribution in [3.63, 3.8) is 0 Å². The minimum Gasteiger partial charge on any atom is -0.421 e. The lowest BCUT2D eigenvalue weighted by Crippen LogP contribution is -2.24. The Labute approximate surface area is 178 Å². The first kappa shape index (κ1) is 20.9. The van der Waals surface area contributed by atoms with E-state index < -0.39 is 23.1 Å². The van der Waals surface area contributed by atoms with E-state index in [0.717, 1.165) is 33.8 Å². The summed E-state index contributed by atoms with van der Waals surface area (Å²) in [4.78, 5) is 12.6. The smallest absolute Gasteiger partial charge is 0.350 e. The van der Waals surface area contributed by atoms with Crippen molar-refractivity contribution < 1.29 is 22.4 Å². The molecular formula is C21H14F3N5O3. The molecule has 11 heteroatoms. The van der Waals surface area contributed by atoms with Gasteiger partial charge in [0.15, 0.2) is 11.6 Å². The maximum atomic E-state index is 14.6. The Bertz CT molecular complexity index is 1380. The van der Waals surface area contributed by atoms with Gasteiger partial charge in [0.05, 0.1) is 30.3 Å². The van der Waals surface area contributed by atoms with Crippen LogP contribution in [0.15, 0.2) is 52.0 Å². The molecule has 0 amide bonds. The van der Waals surface area contributed by atoms with Gasteiger partial charge in [-0.05, 0) is 31.2 Å². The second kappa shape index (κ2) is 8.43. The molecule has 4 rings (SSSR count). The van der Waals surface area contributed by atoms with Gasteiger partial charge in [-0.2, -0.15) is 15.0 Å². The van der Waals surface area contributed by atoms with Crippen LogP contribution < -0.4 is 10.4 Å². The lowest BCUT2D eigenvalue weighted by atomic mass is 10.2. The van der Waals surface area contributed by atoms with E-state index in [9.17, 15) is 18.0 Å². The first-order valence-electron chi connectivity index (χ1n) is 9.26. The van der Waals surface area contributed by atoms with Crippen molar-refractivity contribution in [3.05, 3.63) is 87.5 Å². The van der Waals surface area contributed by atoms with E-state index in [1.807, 2.05) is 6.07 Å². The number of nitrogens with zero attached hydrogens (tertiary/aromatic N) is 5. The molecule has 0 saturated carbocycles. The number of halogens is 3. The van der Waals surface area contributed by atoms with Gasteiger partial charge in [0, 0.05) is 11.6 Å². The molecule has 0 radical (unpaired) electrons. The van der Waals surface area contributed by atoms with Gasteiger partial charge in [-0.3, -0.25) is 4.57 Å². The van der Waals surface area contributed by atoms with E-state index in [4.69, 9.17) is 14.5 Å². The predicted octanol–water partition coefficient (Wildman–Crippen LogP) is 3.65. The fraction of sp³-hybridized carbons (Fsp3) is 0.143. The first-order chi connectivity index (χ1) is 15.4. The zero-order valence-electron chi connectivity index (χ0n) is 16.6. The van der Waals surface area contributed by atoms with Crippen LogP contribution in [0.4, 0.5) is 13.2 Å². The van der Waals surface area contributed by atoms with Gasteiger partial charge in [0.1, 0.15) is 23.7 Å². The summed E-state index contributed by atoms with van der Waals surface area (Å²) in [5.74, 6) is -2.66. The summed E-state index contributed by atoms with van der Waals surface area (Å²) in [5, 5.41) is 16.3. The monoisotopic (exact) mass is 441 g/mol. The molecule has 0 N–H and O–H groups in total. The Morgan fingerprint density at radius 3 is 2.59 bits per heavy atom. The molecule has 4 aromatic rings. The maximum Gasteiger partial charge on any atom is 0.350 e. The topological polar surface area (TPSA) is 98.9 Å². The molecule has 2 aromatic heterocycles. The minimum atomic E-state index is -0.818. The third-order valence-electron chi connectivity index (χ3n) is 4.71. The number of benzene rings is 2. The van der Waals surface area contributed by atoms with Crippen LogP contribution in [-0.4, -0.2) is 19.5 Å². The molecule has 0 aliphatic carbocycles. The molecule has 8 nitrogen and oxygen atoms in total. The van der Waals surface area contributed by atoms with Gasteiger partial charge in [-0.15, -0.1) is 0 Å². The molecule has 0 spiro atoms. The normalized spacial score (nSPS) is 10.8. The highest BCUT2D eigenvalue weighted by molar-refractivity contribution is 5.40. The first-order valence-corrected chi connectivity index (χ1v) is 9.26. The zero-order valence-corrected chi connectivity index (χ0v) is 16.6. The van der Waals surface area contributed by atoms with Crippen molar-refractivity contribution in [3.8, 4) is 23.5 Å². The number of hydrogen-bond acceptors (Lipinski definition) is 6. The third-order valence-corrected chi connectivity index (χ3v) is 4.71. The standard InChI is InChI=1S/C21H14F3N5O3/c1-12-18(7-8-25)27-32-20(12)31-19-6-5-13(9-17(19)24)29-21(30)28(11-26-29)10-14-15(22)3-2-4-16(14)23/h2-6,9,11H,7,10H2,1H3. The number of ether oxygens (including phenoxy) is 1. The summed E-state index contributed by atoms with van der Waals surface area (Å²) < 4.78 is 54.6. The van der Waals surface area contributed by atoms with Crippen molar-refractivity contribution in [2.24, 2.45) is 0 Å². The molecule has 0 fully saturated rings. The average Bonchev–Trinajstić information content (AvgIpc) is 3.30. The highest BCUT2D eigenvalue weighted by Crippen LogP contribution is 2.30. The molecule has 162 valence electrons. The molecule has 0 atom stereocenters. The molecule has 0 saturated heterocycles. The Morgan fingerprint density at radius 2 is 1.91 bits per heavy atom. The van der Waals surface area contributed by atoms with E-state index in [1.54, 1.807) is 6.92 Å². The largest absolute Gasteiger partial charge is 0.421 e. The maximum absolute atomic E-state index is 14.6. The fourth-order valence-electron chi connectivity index (χ4n) is 2.96. The summed E-state index contributed by atoms with van der Waals surface area (Å²) in [6.45, 7) is 1.24. The average molecular weight is 441 g/mol. The zero-order chi connectivity index (χ0) is 22.8. The van der Waals surface area contributed by atoms with Gasteiger partial charge in [-0.1, -0.05) is 11.2 Å². The number of nitriles is 1. The minimum absolute atomic E-state index is 0.0163. The third kappa shape index (κ3) is 3.85. The van der Waals surface area contributed by atoms with Crippen molar-refractivity contribution in [2.45, 2.75) is 19.9 Å². The Balaban J connectivity index is 1.59. The van der Waals surface area contributed by atoms with Crippen molar-refractivity contribution in [2.75, 3.05) is 0 Å². The number of aromatic nitrogens is 4. The van der Waals surface area contributed by atoms with Gasteiger partial charge in [0.25, 0.3) is 0 Å². The molecule has 2 aromatic carbocycles. The van der Waals surface area contributed by atoms with Gasteiger partial charge in [-0.25, -0.2) is 18.0 Å². The molecule has 0 aliphatic rings. The van der Waals surface area contributed by atoms with Crippen molar-refractivity contribution in [1.82, 2.24) is 19.5 Å². The Hall–Kier alpha value is -4.33. The lowest BCUT2D eigenvalue weighted by Gasteiger charge is -2.06. The molecule has 32 heavy (non-hydrogen) atoms. The summed E-state index contributed by atoms with van der Waals surface area (Å²) in [5.41, 5.74) is -0.0874. The van der Waals surface area contributed by atoms with Crippen LogP contribution in [0.1, 0.15) is 16.8 Å². The van der Waals surface area contributed by atoms with E-state index in [-0.39, 0.29) is 35.9 Å². The molecule has 0 unspecified atom stereocenters. The van der Waals surface area contributed by atoms with Crippen LogP contribution >= 0.6 is 0 Å². The van der Waals surface area contributed by atoms with Crippen molar-refractivity contribution >= 4 is 0 Å². The fourth-order valence-corrected chi connectivity index (χ4v) is 2.96. The van der Waals surface area contributed by atoms with Gasteiger partial charge in [0.2, 0.25) is 0 Å². The van der Waals surface area contributed by atoms with E-state index in [0.29, 0.717) is 11.3 Å². The van der Waals surface area contributed by atoms with Gasteiger partial charge >= 0.3 is 11.6 Å².